The van der Waals surface area contributed by atoms with Crippen LogP contribution in [0.2, 0.25) is 0 Å². The molecular weight excluding hydrogens is 564 g/mol. The van der Waals surface area contributed by atoms with E-state index in [9.17, 15) is 10.5 Å². The number of fused-ring (bicyclic) bond motifs is 6. The lowest BCUT2D eigenvalue weighted by molar-refractivity contribution is 1.17. The highest BCUT2D eigenvalue weighted by atomic mass is 15.0. The molecule has 0 unspecified atom stereocenters. The Labute approximate surface area is 264 Å². The van der Waals surface area contributed by atoms with Crippen molar-refractivity contribution >= 4 is 55.0 Å². The van der Waals surface area contributed by atoms with Crippen molar-refractivity contribution < 1.29 is 0 Å². The van der Waals surface area contributed by atoms with E-state index >= 15 is 0 Å². The summed E-state index contributed by atoms with van der Waals surface area (Å²) in [7, 11) is 0. The number of rotatable bonds is 3. The Balaban J connectivity index is 1.38. The van der Waals surface area contributed by atoms with Gasteiger partial charge in [0.15, 0.2) is 0 Å². The Kier molecular flexibility index (Phi) is 5.91. The molecule has 8 rings (SSSR count). The average Bonchev–Trinajstić information content (AvgIpc) is 3.62. The second kappa shape index (κ2) is 10.3. The number of benzene rings is 6. The molecule has 0 fully saturated rings. The maximum absolute atomic E-state index is 9.97. The second-order valence-corrected chi connectivity index (χ2v) is 11.0. The molecule has 0 N–H and O–H groups in total. The molecule has 46 heavy (non-hydrogen) atoms. The van der Waals surface area contributed by atoms with Gasteiger partial charge >= 0.3 is 0 Å². The molecule has 0 bridgehead atoms. The summed E-state index contributed by atoms with van der Waals surface area (Å²) in [5, 5.41) is 24.0. The molecule has 6 heteroatoms. The molecule has 0 saturated heterocycles. The first kappa shape index (κ1) is 26.5. The third-order valence-electron chi connectivity index (χ3n) is 8.64. The van der Waals surface area contributed by atoms with E-state index in [1.165, 1.54) is 0 Å². The van der Waals surface area contributed by atoms with Gasteiger partial charge in [0.25, 0.3) is 0 Å². The van der Waals surface area contributed by atoms with Crippen molar-refractivity contribution in [2.75, 3.05) is 0 Å². The Hall–Kier alpha value is -7.12. The summed E-state index contributed by atoms with van der Waals surface area (Å²) in [4.78, 5) is 7.51. The van der Waals surface area contributed by atoms with Crippen molar-refractivity contribution in [2.24, 2.45) is 0 Å². The summed E-state index contributed by atoms with van der Waals surface area (Å²) in [6.07, 6.45) is 0. The smallest absolute Gasteiger partial charge is 0.211 e. The van der Waals surface area contributed by atoms with Crippen molar-refractivity contribution in [1.82, 2.24) is 9.13 Å². The zero-order valence-electron chi connectivity index (χ0n) is 24.2. The fourth-order valence-electron chi connectivity index (χ4n) is 6.68. The summed E-state index contributed by atoms with van der Waals surface area (Å²) >= 11 is 0. The van der Waals surface area contributed by atoms with Gasteiger partial charge in [-0.2, -0.15) is 10.5 Å². The molecule has 0 aliphatic heterocycles. The lowest BCUT2D eigenvalue weighted by Gasteiger charge is -2.13. The van der Waals surface area contributed by atoms with Crippen molar-refractivity contribution in [1.29, 1.82) is 10.5 Å². The summed E-state index contributed by atoms with van der Waals surface area (Å²) < 4.78 is 4.05. The first-order chi connectivity index (χ1) is 22.7. The van der Waals surface area contributed by atoms with Gasteiger partial charge < -0.3 is 9.13 Å². The Morgan fingerprint density at radius 1 is 0.457 bits per heavy atom. The van der Waals surface area contributed by atoms with E-state index in [1.807, 2.05) is 45.5 Å². The molecule has 6 nitrogen and oxygen atoms in total. The molecule has 2 heterocycles. The van der Waals surface area contributed by atoms with Gasteiger partial charge in [-0.1, -0.05) is 72.8 Å². The first-order valence-corrected chi connectivity index (χ1v) is 14.6. The molecule has 0 amide bonds. The summed E-state index contributed by atoms with van der Waals surface area (Å²) in [5.74, 6) is 0. The Bertz CT molecular complexity index is 2490. The minimum atomic E-state index is 0.423. The lowest BCUT2D eigenvalue weighted by atomic mass is 10.0. The molecule has 0 aliphatic carbocycles. The summed E-state index contributed by atoms with van der Waals surface area (Å²) in [5.41, 5.74) is 8.63. The lowest BCUT2D eigenvalue weighted by Crippen LogP contribution is -1.98. The summed E-state index contributed by atoms with van der Waals surface area (Å²) in [6.45, 7) is 15.6. The van der Waals surface area contributed by atoms with Crippen LogP contribution in [0.25, 0.3) is 75.8 Å². The van der Waals surface area contributed by atoms with Gasteiger partial charge in [-0.05, 0) is 59.7 Å². The van der Waals surface area contributed by atoms with Crippen LogP contribution in [-0.2, 0) is 0 Å². The molecule has 0 aliphatic rings. The van der Waals surface area contributed by atoms with E-state index in [2.05, 4.69) is 70.4 Å². The van der Waals surface area contributed by atoms with Crippen molar-refractivity contribution in [2.45, 2.75) is 0 Å². The van der Waals surface area contributed by atoms with Crippen molar-refractivity contribution in [3.63, 3.8) is 0 Å². The standard InChI is InChI=1S/C40H20N6/c1-43-33-13-7-9-27(23-41)39(33)45-35-15-5-3-11-29(35)31-21-25(17-19-37(31)45)26-18-20-38-32(22-26)30-12-4-6-16-36(30)46(38)40-28(24-42)10-8-14-34(40)44-2/h3-22H. The van der Waals surface area contributed by atoms with Gasteiger partial charge in [0, 0.05) is 21.5 Å². The number of para-hydroxylation sites is 4. The normalized spacial score (nSPS) is 11.0. The molecule has 0 saturated carbocycles. The molecule has 0 radical (unpaired) electrons. The third kappa shape index (κ3) is 3.73. The van der Waals surface area contributed by atoms with E-state index < -0.39 is 0 Å². The molecule has 0 atom stereocenters. The van der Waals surface area contributed by atoms with Crippen LogP contribution in [0.3, 0.4) is 0 Å². The maximum Gasteiger partial charge on any atom is 0.211 e. The van der Waals surface area contributed by atoms with Crippen LogP contribution in [0.5, 0.6) is 0 Å². The molecule has 0 spiro atoms. The fourth-order valence-corrected chi connectivity index (χ4v) is 6.68. The minimum absolute atomic E-state index is 0.423. The predicted molar refractivity (Wildman–Crippen MR) is 183 cm³/mol. The van der Waals surface area contributed by atoms with Crippen LogP contribution in [0, 0.1) is 35.8 Å². The maximum atomic E-state index is 9.97. The van der Waals surface area contributed by atoms with Gasteiger partial charge in [-0.25, -0.2) is 9.69 Å². The zero-order chi connectivity index (χ0) is 31.4. The molecule has 8 aromatic rings. The Morgan fingerprint density at radius 3 is 1.28 bits per heavy atom. The predicted octanol–water partition coefficient (Wildman–Crippen LogP) is 10.4. The number of nitriles is 2. The monoisotopic (exact) mass is 584 g/mol. The molecule has 6 aromatic carbocycles. The van der Waals surface area contributed by atoms with E-state index in [4.69, 9.17) is 13.1 Å². The van der Waals surface area contributed by atoms with Crippen LogP contribution in [0.1, 0.15) is 11.1 Å². The summed E-state index contributed by atoms with van der Waals surface area (Å²) in [6, 6.07) is 43.8. The van der Waals surface area contributed by atoms with E-state index in [0.717, 1.165) is 54.7 Å². The largest absolute Gasteiger partial charge is 0.318 e. The van der Waals surface area contributed by atoms with Crippen LogP contribution >= 0.6 is 0 Å². The SMILES string of the molecule is [C-]#[N+]c1cccc(C#N)c1-n1c2ccccc2c2cc(-c3ccc4c(c3)c3ccccc3n4-c3c(C#N)cccc3[N+]#[C-])ccc21. The number of hydrogen-bond donors (Lipinski definition) is 0. The molecular formula is C40H20N6. The van der Waals surface area contributed by atoms with Gasteiger partial charge in [0.2, 0.25) is 11.4 Å². The van der Waals surface area contributed by atoms with Gasteiger partial charge in [0.1, 0.15) is 0 Å². The molecule has 210 valence electrons. The van der Waals surface area contributed by atoms with E-state index in [-0.39, 0.29) is 0 Å². The fraction of sp³-hybridized carbons (Fsp3) is 0. The minimum Gasteiger partial charge on any atom is -0.318 e. The first-order valence-electron chi connectivity index (χ1n) is 14.6. The number of aromatic nitrogens is 2. The highest BCUT2D eigenvalue weighted by Gasteiger charge is 2.20. The number of hydrogen-bond acceptors (Lipinski definition) is 2. The third-order valence-corrected chi connectivity index (χ3v) is 8.64. The second-order valence-electron chi connectivity index (χ2n) is 11.0. The molecule has 2 aromatic heterocycles. The van der Waals surface area contributed by atoms with Crippen LogP contribution in [0.15, 0.2) is 121 Å². The van der Waals surface area contributed by atoms with Crippen LogP contribution < -0.4 is 0 Å². The highest BCUT2D eigenvalue weighted by molar-refractivity contribution is 6.13. The zero-order valence-corrected chi connectivity index (χ0v) is 24.2. The average molecular weight is 585 g/mol. The van der Waals surface area contributed by atoms with E-state index in [0.29, 0.717) is 33.9 Å². The van der Waals surface area contributed by atoms with E-state index in [1.54, 1.807) is 36.4 Å². The highest BCUT2D eigenvalue weighted by Crippen LogP contribution is 2.41. The topological polar surface area (TPSA) is 66.2 Å². The van der Waals surface area contributed by atoms with Crippen molar-refractivity contribution in [3.05, 3.63) is 155 Å². The quantitative estimate of drug-likeness (QED) is 0.194. The van der Waals surface area contributed by atoms with Crippen LogP contribution in [-0.4, -0.2) is 9.13 Å². The Morgan fingerprint density at radius 2 is 0.870 bits per heavy atom. The van der Waals surface area contributed by atoms with Gasteiger partial charge in [-0.15, -0.1) is 0 Å². The van der Waals surface area contributed by atoms with Gasteiger partial charge in [0.05, 0.1) is 69.9 Å². The van der Waals surface area contributed by atoms with Crippen molar-refractivity contribution in [3.8, 4) is 34.6 Å². The van der Waals surface area contributed by atoms with Crippen LogP contribution in [0.4, 0.5) is 11.4 Å². The number of nitrogens with zero attached hydrogens (tertiary/aromatic N) is 6. The van der Waals surface area contributed by atoms with Gasteiger partial charge in [-0.3, -0.25) is 0 Å².